The molecule has 27 heavy (non-hydrogen) atoms. The Bertz CT molecular complexity index is 989. The lowest BCUT2D eigenvalue weighted by molar-refractivity contribution is -0.385. The number of nitro benzene ring substituents is 1. The highest BCUT2D eigenvalue weighted by molar-refractivity contribution is 8.18. The predicted molar refractivity (Wildman–Crippen MR) is 97.2 cm³/mol. The second-order valence-electron chi connectivity index (χ2n) is 5.77. The molecule has 2 aliphatic rings. The van der Waals surface area contributed by atoms with E-state index in [1.807, 2.05) is 30.3 Å². The smallest absolute Gasteiger partial charge is 0.293 e. The largest absolute Gasteiger partial charge is 0.454 e. The summed E-state index contributed by atoms with van der Waals surface area (Å²) >= 11 is 0.753. The maximum absolute atomic E-state index is 12.6. The molecule has 0 spiro atoms. The Morgan fingerprint density at radius 2 is 1.85 bits per heavy atom. The number of amides is 2. The van der Waals surface area contributed by atoms with E-state index in [1.54, 1.807) is 0 Å². The first-order chi connectivity index (χ1) is 13.0. The highest BCUT2D eigenvalue weighted by Gasteiger charge is 2.35. The molecule has 2 aromatic carbocycles. The number of fused-ring (bicyclic) bond motifs is 1. The number of carbonyl (C=O) groups excluding carboxylic acids is 2. The lowest BCUT2D eigenvalue weighted by Crippen LogP contribution is -2.27. The van der Waals surface area contributed by atoms with E-state index < -0.39 is 16.1 Å². The maximum Gasteiger partial charge on any atom is 0.293 e. The molecule has 2 heterocycles. The normalized spacial score (nSPS) is 17.0. The first-order valence-electron chi connectivity index (χ1n) is 7.90. The van der Waals surface area contributed by atoms with E-state index in [0.29, 0.717) is 5.75 Å². The van der Waals surface area contributed by atoms with Crippen LogP contribution in [0.3, 0.4) is 0 Å². The van der Waals surface area contributed by atoms with E-state index in [4.69, 9.17) is 9.47 Å². The molecule has 0 bridgehead atoms. The third-order valence-corrected chi connectivity index (χ3v) is 4.97. The van der Waals surface area contributed by atoms with Gasteiger partial charge in [-0.3, -0.25) is 24.6 Å². The molecule has 0 radical (unpaired) electrons. The van der Waals surface area contributed by atoms with Crippen LogP contribution >= 0.6 is 11.8 Å². The molecule has 0 aromatic heterocycles. The number of nitro groups is 1. The van der Waals surface area contributed by atoms with Crippen molar-refractivity contribution in [2.24, 2.45) is 0 Å². The average Bonchev–Trinajstić information content (AvgIpc) is 3.21. The second-order valence-corrected chi connectivity index (χ2v) is 6.77. The monoisotopic (exact) mass is 384 g/mol. The quantitative estimate of drug-likeness (QED) is 0.451. The van der Waals surface area contributed by atoms with Crippen molar-refractivity contribution < 1.29 is 24.0 Å². The minimum atomic E-state index is -0.567. The van der Waals surface area contributed by atoms with Gasteiger partial charge in [0.25, 0.3) is 16.8 Å². The lowest BCUT2D eigenvalue weighted by Gasteiger charge is -2.12. The van der Waals surface area contributed by atoms with Crippen molar-refractivity contribution in [3.8, 4) is 11.5 Å². The first kappa shape index (κ1) is 17.1. The molecule has 0 aliphatic carbocycles. The zero-order valence-electron chi connectivity index (χ0n) is 13.8. The molecule has 2 amide bonds. The Hall–Kier alpha value is -3.33. The minimum Gasteiger partial charge on any atom is -0.454 e. The van der Waals surface area contributed by atoms with Crippen molar-refractivity contribution in [3.63, 3.8) is 0 Å². The number of nitrogens with zero attached hydrogens (tertiary/aromatic N) is 2. The van der Waals surface area contributed by atoms with Gasteiger partial charge in [0, 0.05) is 0 Å². The Morgan fingerprint density at radius 3 is 2.56 bits per heavy atom. The summed E-state index contributed by atoms with van der Waals surface area (Å²) in [7, 11) is 0. The summed E-state index contributed by atoms with van der Waals surface area (Å²) in [5.74, 6) is 0.146. The fourth-order valence-corrected chi connectivity index (χ4v) is 3.59. The number of imide groups is 1. The molecule has 136 valence electrons. The van der Waals surface area contributed by atoms with Crippen LogP contribution in [0.5, 0.6) is 11.5 Å². The van der Waals surface area contributed by atoms with Crippen LogP contribution in [0.1, 0.15) is 11.1 Å². The van der Waals surface area contributed by atoms with Crippen LogP contribution in [0.2, 0.25) is 0 Å². The van der Waals surface area contributed by atoms with Gasteiger partial charge in [0.1, 0.15) is 0 Å². The van der Waals surface area contributed by atoms with Crippen LogP contribution in [0.15, 0.2) is 47.4 Å². The minimum absolute atomic E-state index is 0.0243. The molecule has 1 saturated heterocycles. The third-order valence-electron chi connectivity index (χ3n) is 4.06. The van der Waals surface area contributed by atoms with Crippen molar-refractivity contribution in [1.29, 1.82) is 0 Å². The Balaban J connectivity index is 1.66. The molecule has 0 atom stereocenters. The summed E-state index contributed by atoms with van der Waals surface area (Å²) in [4.78, 5) is 36.9. The molecule has 1 fully saturated rings. The van der Waals surface area contributed by atoms with Crippen LogP contribution in [-0.2, 0) is 11.3 Å². The molecule has 2 aliphatic heterocycles. The summed E-state index contributed by atoms with van der Waals surface area (Å²) in [6.45, 7) is 0.121. The van der Waals surface area contributed by atoms with E-state index in [-0.39, 0.29) is 35.2 Å². The molecular formula is C18H12N2O6S. The number of hydrogen-bond donors (Lipinski definition) is 0. The maximum atomic E-state index is 12.6. The SMILES string of the molecule is O=C1S/C(=C\c2cc3c(cc2[N+](=O)[O-])OCO3)C(=O)N1Cc1ccccc1. The summed E-state index contributed by atoms with van der Waals surface area (Å²) in [6, 6.07) is 11.8. The molecule has 4 rings (SSSR count). The van der Waals surface area contributed by atoms with Crippen molar-refractivity contribution in [1.82, 2.24) is 4.90 Å². The molecule has 0 N–H and O–H groups in total. The van der Waals surface area contributed by atoms with Gasteiger partial charge in [-0.25, -0.2) is 0 Å². The number of rotatable bonds is 4. The van der Waals surface area contributed by atoms with Crippen molar-refractivity contribution in [2.75, 3.05) is 6.79 Å². The topological polar surface area (TPSA) is 99.0 Å². The molecule has 2 aromatic rings. The van der Waals surface area contributed by atoms with Gasteiger partial charge in [-0.15, -0.1) is 0 Å². The van der Waals surface area contributed by atoms with Gasteiger partial charge >= 0.3 is 0 Å². The molecule has 0 unspecified atom stereocenters. The Morgan fingerprint density at radius 1 is 1.15 bits per heavy atom. The third kappa shape index (κ3) is 3.24. The molecular weight excluding hydrogens is 372 g/mol. The number of ether oxygens (including phenoxy) is 2. The van der Waals surface area contributed by atoms with E-state index in [9.17, 15) is 19.7 Å². The van der Waals surface area contributed by atoms with Crippen molar-refractivity contribution in [2.45, 2.75) is 6.54 Å². The van der Waals surface area contributed by atoms with E-state index in [0.717, 1.165) is 22.2 Å². The van der Waals surface area contributed by atoms with Crippen LogP contribution in [0.4, 0.5) is 10.5 Å². The Labute approximate surface area is 157 Å². The van der Waals surface area contributed by atoms with Gasteiger partial charge < -0.3 is 9.47 Å². The van der Waals surface area contributed by atoms with Crippen LogP contribution in [0.25, 0.3) is 6.08 Å². The highest BCUT2D eigenvalue weighted by Crippen LogP contribution is 2.41. The molecule has 8 nitrogen and oxygen atoms in total. The standard InChI is InChI=1S/C18H12N2O6S/c21-17-16(27-18(22)19(17)9-11-4-2-1-3-5-11)7-12-6-14-15(26-10-25-14)8-13(12)20(23)24/h1-8H,9-10H2/b16-7-. The second kappa shape index (κ2) is 6.76. The van der Waals surface area contributed by atoms with Gasteiger partial charge in [0.2, 0.25) is 6.79 Å². The van der Waals surface area contributed by atoms with Gasteiger partial charge in [0.15, 0.2) is 11.5 Å². The molecule has 0 saturated carbocycles. The van der Waals surface area contributed by atoms with E-state index >= 15 is 0 Å². The Kier molecular flexibility index (Phi) is 4.28. The number of carbonyl (C=O) groups is 2. The zero-order valence-corrected chi connectivity index (χ0v) is 14.6. The van der Waals surface area contributed by atoms with Crippen molar-refractivity contribution in [3.05, 3.63) is 68.6 Å². The van der Waals surface area contributed by atoms with Crippen LogP contribution in [0, 0.1) is 10.1 Å². The average molecular weight is 384 g/mol. The summed E-state index contributed by atoms with van der Waals surface area (Å²) in [5, 5.41) is 10.9. The highest BCUT2D eigenvalue weighted by atomic mass is 32.2. The number of thioether (sulfide) groups is 1. The summed E-state index contributed by atoms with van der Waals surface area (Å²) in [6.07, 6.45) is 1.34. The predicted octanol–water partition coefficient (Wildman–Crippen LogP) is 3.56. The van der Waals surface area contributed by atoms with E-state index in [1.165, 1.54) is 18.2 Å². The summed E-state index contributed by atoms with van der Waals surface area (Å²) < 4.78 is 10.4. The van der Waals surface area contributed by atoms with Crippen LogP contribution < -0.4 is 9.47 Å². The van der Waals surface area contributed by atoms with Gasteiger partial charge in [-0.05, 0) is 29.5 Å². The lowest BCUT2D eigenvalue weighted by atomic mass is 10.1. The van der Waals surface area contributed by atoms with Gasteiger partial charge in [-0.1, -0.05) is 30.3 Å². The zero-order chi connectivity index (χ0) is 19.0. The van der Waals surface area contributed by atoms with Crippen molar-refractivity contribution >= 4 is 34.7 Å². The molecule has 9 heteroatoms. The fourth-order valence-electron chi connectivity index (χ4n) is 2.76. The summed E-state index contributed by atoms with van der Waals surface area (Å²) in [5.41, 5.74) is 0.763. The van der Waals surface area contributed by atoms with Gasteiger partial charge in [0.05, 0.1) is 28.0 Å². The van der Waals surface area contributed by atoms with Crippen LogP contribution in [-0.4, -0.2) is 27.8 Å². The fraction of sp³-hybridized carbons (Fsp3) is 0.111. The first-order valence-corrected chi connectivity index (χ1v) is 8.72. The number of hydrogen-bond acceptors (Lipinski definition) is 7. The van der Waals surface area contributed by atoms with Gasteiger partial charge in [-0.2, -0.15) is 0 Å². The number of benzene rings is 2. The van der Waals surface area contributed by atoms with E-state index in [2.05, 4.69) is 0 Å².